The van der Waals surface area contributed by atoms with E-state index in [0.29, 0.717) is 0 Å². The van der Waals surface area contributed by atoms with Crippen molar-refractivity contribution in [2.45, 2.75) is 23.0 Å². The molecule has 26 heavy (non-hydrogen) atoms. The Morgan fingerprint density at radius 3 is 1.65 bits per heavy atom. The number of nitrogens with zero attached hydrogens (tertiary/aromatic N) is 1. The summed E-state index contributed by atoms with van der Waals surface area (Å²) in [4.78, 5) is 4.82. The highest BCUT2D eigenvalue weighted by atomic mass is 32.2. The predicted octanol–water partition coefficient (Wildman–Crippen LogP) is 6.57. The smallest absolute Gasteiger partial charge is 0.0506 e. The van der Waals surface area contributed by atoms with Crippen molar-refractivity contribution < 1.29 is 0 Å². The predicted molar refractivity (Wildman–Crippen MR) is 116 cm³/mol. The number of benzene rings is 3. The molecule has 128 valence electrons. The van der Waals surface area contributed by atoms with Crippen molar-refractivity contribution >= 4 is 45.1 Å². The van der Waals surface area contributed by atoms with Gasteiger partial charge in [0.2, 0.25) is 0 Å². The van der Waals surface area contributed by atoms with Gasteiger partial charge in [0.05, 0.1) is 11.4 Å². The second-order valence-electron chi connectivity index (χ2n) is 6.73. The zero-order valence-electron chi connectivity index (χ0n) is 14.4. The van der Waals surface area contributed by atoms with E-state index < -0.39 is 0 Å². The second kappa shape index (κ2) is 6.98. The van der Waals surface area contributed by atoms with E-state index in [9.17, 15) is 0 Å². The van der Waals surface area contributed by atoms with E-state index in [1.165, 1.54) is 44.1 Å². The van der Waals surface area contributed by atoms with E-state index in [2.05, 4.69) is 66.7 Å². The molecule has 0 radical (unpaired) electrons. The maximum atomic E-state index is 4.82. The third-order valence-corrected chi connectivity index (χ3v) is 6.97. The largest absolute Gasteiger partial charge is 0.256 e. The van der Waals surface area contributed by atoms with Crippen molar-refractivity contribution in [2.75, 3.05) is 0 Å². The number of hydrogen-bond donors (Lipinski definition) is 0. The van der Waals surface area contributed by atoms with Crippen LogP contribution in [0.5, 0.6) is 0 Å². The first-order chi connectivity index (χ1) is 12.9. The molecule has 0 fully saturated rings. The van der Waals surface area contributed by atoms with E-state index in [1.54, 1.807) is 0 Å². The van der Waals surface area contributed by atoms with Gasteiger partial charge in [0.15, 0.2) is 0 Å². The summed E-state index contributed by atoms with van der Waals surface area (Å²) in [6.45, 7) is 0. The van der Waals surface area contributed by atoms with Crippen molar-refractivity contribution in [2.24, 2.45) is 0 Å². The maximum Gasteiger partial charge on any atom is 0.0506 e. The summed E-state index contributed by atoms with van der Waals surface area (Å²) >= 11 is 3.91. The molecule has 0 spiro atoms. The molecule has 0 N–H and O–H groups in total. The lowest BCUT2D eigenvalue weighted by Gasteiger charge is -2.12. The van der Waals surface area contributed by atoms with Crippen molar-refractivity contribution in [3.05, 3.63) is 89.2 Å². The Morgan fingerprint density at radius 1 is 0.577 bits per heavy atom. The molecule has 0 saturated heterocycles. The van der Waals surface area contributed by atoms with Crippen LogP contribution in [-0.2, 0) is 23.0 Å². The molecule has 3 aromatic carbocycles. The van der Waals surface area contributed by atoms with Gasteiger partial charge in [-0.25, -0.2) is 0 Å². The Balaban J connectivity index is 1.65. The molecule has 1 nitrogen and oxygen atoms in total. The first-order valence-electron chi connectivity index (χ1n) is 8.90. The molecule has 0 atom stereocenters. The molecule has 2 aliphatic rings. The molecule has 3 heterocycles. The average molecular weight is 374 g/mol. The van der Waals surface area contributed by atoms with Crippen LogP contribution >= 0.6 is 23.5 Å². The van der Waals surface area contributed by atoms with Crippen molar-refractivity contribution in [3.63, 3.8) is 0 Å². The Bertz CT molecular complexity index is 1020. The Kier molecular flexibility index (Phi) is 4.35. The highest BCUT2D eigenvalue weighted by molar-refractivity contribution is 7.98. The molecular formula is C23H19NS2. The minimum atomic E-state index is 0.968. The fourth-order valence-electron chi connectivity index (χ4n) is 3.63. The first-order valence-corrected chi connectivity index (χ1v) is 11.2. The van der Waals surface area contributed by atoms with Crippen LogP contribution in [0.2, 0.25) is 0 Å². The molecule has 4 aromatic rings. The monoisotopic (exact) mass is 373 g/mol. The van der Waals surface area contributed by atoms with Crippen LogP contribution in [0.3, 0.4) is 0 Å². The zero-order valence-corrected chi connectivity index (χ0v) is 16.1. The summed E-state index contributed by atoms with van der Waals surface area (Å²) < 4.78 is 0. The topological polar surface area (TPSA) is 12.9 Å². The van der Waals surface area contributed by atoms with Gasteiger partial charge in [-0.15, -0.1) is 0 Å². The number of thioether (sulfide) groups is 2. The van der Waals surface area contributed by atoms with E-state index in [1.807, 2.05) is 23.5 Å². The molecule has 3 heteroatoms. The number of rotatable bonds is 0. The fourth-order valence-corrected chi connectivity index (χ4v) is 5.51. The minimum Gasteiger partial charge on any atom is -0.256 e. The first kappa shape index (κ1) is 16.2. The quantitative estimate of drug-likeness (QED) is 0.324. The van der Waals surface area contributed by atoms with Crippen LogP contribution in [0.15, 0.2) is 66.7 Å². The van der Waals surface area contributed by atoms with Crippen LogP contribution in [0, 0.1) is 0 Å². The number of pyridine rings is 1. The molecule has 4 bridgehead atoms. The van der Waals surface area contributed by atoms with Gasteiger partial charge in [-0.1, -0.05) is 42.5 Å². The number of fused-ring (bicyclic) bond motifs is 6. The summed E-state index contributed by atoms with van der Waals surface area (Å²) in [6, 6.07) is 24.6. The molecule has 2 aliphatic heterocycles. The zero-order chi connectivity index (χ0) is 17.3. The third kappa shape index (κ3) is 3.10. The number of hydrogen-bond acceptors (Lipinski definition) is 3. The summed E-state index contributed by atoms with van der Waals surface area (Å²) in [7, 11) is 0. The lowest BCUT2D eigenvalue weighted by molar-refractivity contribution is 1.09. The van der Waals surface area contributed by atoms with Gasteiger partial charge in [-0.2, -0.15) is 23.5 Å². The van der Waals surface area contributed by atoms with Crippen molar-refractivity contribution in [1.29, 1.82) is 0 Å². The summed E-state index contributed by atoms with van der Waals surface area (Å²) in [5.74, 6) is 3.98. The Morgan fingerprint density at radius 2 is 1.12 bits per heavy atom. The van der Waals surface area contributed by atoms with Gasteiger partial charge in [0.25, 0.3) is 0 Å². The van der Waals surface area contributed by atoms with Gasteiger partial charge in [0, 0.05) is 23.0 Å². The van der Waals surface area contributed by atoms with Gasteiger partial charge in [-0.05, 0) is 56.9 Å². The standard InChI is InChI=1S/C23H19NS2/c1-2-5-17-11-23-19-9-8-18(22(23)10-16(17)4-1)12-25-14-20-6-3-7-21(24-20)15-26-13-19/h1-11H,12-15H2. The minimum absolute atomic E-state index is 0.968. The summed E-state index contributed by atoms with van der Waals surface area (Å²) in [5.41, 5.74) is 5.25. The summed E-state index contributed by atoms with van der Waals surface area (Å²) in [6.07, 6.45) is 0. The van der Waals surface area contributed by atoms with E-state index >= 15 is 0 Å². The normalized spacial score (nSPS) is 14.8. The lowest BCUT2D eigenvalue weighted by Crippen LogP contribution is -1.92. The third-order valence-electron chi connectivity index (χ3n) is 4.94. The van der Waals surface area contributed by atoms with E-state index in [4.69, 9.17) is 4.98 Å². The van der Waals surface area contributed by atoms with E-state index in [0.717, 1.165) is 23.0 Å². The molecule has 1 aromatic heterocycles. The SMILES string of the molecule is c1cc2nc(c1)CSCc1ccc(c3cc4ccccc4cc13)CSC2. The molecule has 0 unspecified atom stereocenters. The summed E-state index contributed by atoms with van der Waals surface area (Å²) in [5, 5.41) is 5.48. The number of aromatic nitrogens is 1. The van der Waals surface area contributed by atoms with Crippen molar-refractivity contribution in [3.8, 4) is 0 Å². The van der Waals surface area contributed by atoms with Crippen molar-refractivity contribution in [1.82, 2.24) is 4.98 Å². The van der Waals surface area contributed by atoms with Crippen LogP contribution < -0.4 is 0 Å². The highest BCUT2D eigenvalue weighted by Gasteiger charge is 2.10. The van der Waals surface area contributed by atoms with Crippen LogP contribution in [0.25, 0.3) is 21.5 Å². The Hall–Kier alpha value is -1.97. The molecule has 0 aliphatic carbocycles. The fraction of sp³-hybridized carbons (Fsp3) is 0.174. The maximum absolute atomic E-state index is 4.82. The van der Waals surface area contributed by atoms with Crippen LogP contribution in [0.1, 0.15) is 22.5 Å². The lowest BCUT2D eigenvalue weighted by atomic mass is 9.97. The average Bonchev–Trinajstić information content (AvgIpc) is 2.69. The van der Waals surface area contributed by atoms with E-state index in [-0.39, 0.29) is 0 Å². The van der Waals surface area contributed by atoms with Gasteiger partial charge >= 0.3 is 0 Å². The van der Waals surface area contributed by atoms with Gasteiger partial charge < -0.3 is 0 Å². The second-order valence-corrected chi connectivity index (χ2v) is 8.71. The molecule has 6 rings (SSSR count). The highest BCUT2D eigenvalue weighted by Crippen LogP contribution is 2.33. The van der Waals surface area contributed by atoms with Crippen LogP contribution in [-0.4, -0.2) is 4.98 Å². The van der Waals surface area contributed by atoms with Crippen LogP contribution in [0.4, 0.5) is 0 Å². The Labute approximate surface area is 162 Å². The molecular weight excluding hydrogens is 354 g/mol. The molecule has 0 saturated carbocycles. The molecule has 0 amide bonds. The van der Waals surface area contributed by atoms with Gasteiger partial charge in [0.1, 0.15) is 0 Å². The van der Waals surface area contributed by atoms with Gasteiger partial charge in [-0.3, -0.25) is 4.98 Å².